The number of amides is 1. The van der Waals surface area contributed by atoms with Crippen LogP contribution in [0.25, 0.3) is 0 Å². The summed E-state index contributed by atoms with van der Waals surface area (Å²) in [6.07, 6.45) is 2.08. The number of rotatable bonds is 2. The standard InChI is InChI=1S/C11H14BrNO2/c1-11(2)5-7(6-11)13-10(14)8-3-4-9(12)15-8/h3-4,7H,5-6H2,1-2H3,(H,13,14). The van der Waals surface area contributed by atoms with Crippen LogP contribution in [-0.4, -0.2) is 11.9 Å². The molecule has 0 saturated heterocycles. The molecule has 4 heteroatoms. The molecule has 3 nitrogen and oxygen atoms in total. The summed E-state index contributed by atoms with van der Waals surface area (Å²) < 4.78 is 5.76. The second-order valence-electron chi connectivity index (χ2n) is 4.85. The summed E-state index contributed by atoms with van der Waals surface area (Å²) in [5, 5.41) is 2.95. The number of nitrogens with one attached hydrogen (secondary N) is 1. The van der Waals surface area contributed by atoms with E-state index in [4.69, 9.17) is 4.42 Å². The smallest absolute Gasteiger partial charge is 0.287 e. The average Bonchev–Trinajstić information content (AvgIpc) is 2.48. The lowest BCUT2D eigenvalue weighted by molar-refractivity contribution is 0.0776. The monoisotopic (exact) mass is 271 g/mol. The molecular weight excluding hydrogens is 258 g/mol. The first-order chi connectivity index (χ1) is 6.96. The molecular formula is C11H14BrNO2. The molecule has 1 heterocycles. The van der Waals surface area contributed by atoms with Gasteiger partial charge >= 0.3 is 0 Å². The minimum atomic E-state index is -0.124. The van der Waals surface area contributed by atoms with E-state index in [1.54, 1.807) is 12.1 Å². The number of furan rings is 1. The molecule has 1 aliphatic carbocycles. The van der Waals surface area contributed by atoms with Gasteiger partial charge in [0, 0.05) is 6.04 Å². The van der Waals surface area contributed by atoms with Crippen molar-refractivity contribution in [3.63, 3.8) is 0 Å². The van der Waals surface area contributed by atoms with Crippen molar-refractivity contribution in [3.05, 3.63) is 22.6 Å². The van der Waals surface area contributed by atoms with E-state index in [2.05, 4.69) is 35.1 Å². The number of halogens is 1. The molecule has 0 radical (unpaired) electrons. The summed E-state index contributed by atoms with van der Waals surface area (Å²) in [6, 6.07) is 3.69. The number of hydrogen-bond donors (Lipinski definition) is 1. The van der Waals surface area contributed by atoms with Crippen LogP contribution in [0.1, 0.15) is 37.2 Å². The van der Waals surface area contributed by atoms with Gasteiger partial charge in [0.2, 0.25) is 0 Å². The Hall–Kier alpha value is -0.770. The van der Waals surface area contributed by atoms with Crippen molar-refractivity contribution in [2.24, 2.45) is 5.41 Å². The lowest BCUT2D eigenvalue weighted by atomic mass is 9.68. The maximum Gasteiger partial charge on any atom is 0.287 e. The summed E-state index contributed by atoms with van der Waals surface area (Å²) in [5.74, 6) is 0.243. The molecule has 0 aliphatic heterocycles. The minimum absolute atomic E-state index is 0.124. The molecule has 1 aromatic heterocycles. The molecule has 1 saturated carbocycles. The van der Waals surface area contributed by atoms with Gasteiger partial charge in [0.25, 0.3) is 5.91 Å². The zero-order valence-corrected chi connectivity index (χ0v) is 10.4. The Morgan fingerprint density at radius 3 is 2.67 bits per heavy atom. The van der Waals surface area contributed by atoms with Gasteiger partial charge in [0.05, 0.1) is 0 Å². The van der Waals surface area contributed by atoms with Crippen LogP contribution in [0.3, 0.4) is 0 Å². The maximum atomic E-state index is 11.6. The predicted molar refractivity (Wildman–Crippen MR) is 60.7 cm³/mol. The Labute approximate surface area is 97.4 Å². The Balaban J connectivity index is 1.89. The van der Waals surface area contributed by atoms with E-state index in [-0.39, 0.29) is 5.91 Å². The van der Waals surface area contributed by atoms with Crippen molar-refractivity contribution in [1.82, 2.24) is 5.32 Å². The summed E-state index contributed by atoms with van der Waals surface area (Å²) >= 11 is 3.17. The van der Waals surface area contributed by atoms with Gasteiger partial charge in [0.1, 0.15) is 0 Å². The molecule has 0 bridgehead atoms. The molecule has 1 aromatic rings. The first-order valence-electron chi connectivity index (χ1n) is 5.02. The highest BCUT2D eigenvalue weighted by Gasteiger charge is 2.37. The minimum Gasteiger partial charge on any atom is -0.444 e. The van der Waals surface area contributed by atoms with Gasteiger partial charge in [-0.2, -0.15) is 0 Å². The highest BCUT2D eigenvalue weighted by Crippen LogP contribution is 2.39. The van der Waals surface area contributed by atoms with Gasteiger partial charge < -0.3 is 9.73 Å². The van der Waals surface area contributed by atoms with Crippen molar-refractivity contribution >= 4 is 21.8 Å². The molecule has 15 heavy (non-hydrogen) atoms. The third kappa shape index (κ3) is 2.43. The molecule has 1 amide bonds. The van der Waals surface area contributed by atoms with E-state index in [9.17, 15) is 4.79 Å². The highest BCUT2D eigenvalue weighted by molar-refractivity contribution is 9.10. The number of hydrogen-bond acceptors (Lipinski definition) is 2. The largest absolute Gasteiger partial charge is 0.444 e. The third-order valence-corrected chi connectivity index (χ3v) is 3.16. The molecule has 0 spiro atoms. The third-order valence-electron chi connectivity index (χ3n) is 2.73. The molecule has 1 fully saturated rings. The quantitative estimate of drug-likeness (QED) is 0.899. The number of carbonyl (C=O) groups excluding carboxylic acids is 1. The number of carbonyl (C=O) groups is 1. The van der Waals surface area contributed by atoms with Crippen molar-refractivity contribution < 1.29 is 9.21 Å². The predicted octanol–water partition coefficient (Wildman–Crippen LogP) is 2.96. The zero-order chi connectivity index (χ0) is 11.1. The van der Waals surface area contributed by atoms with Gasteiger partial charge in [-0.1, -0.05) is 13.8 Å². The van der Waals surface area contributed by atoms with E-state index in [1.165, 1.54) is 0 Å². The van der Waals surface area contributed by atoms with Crippen molar-refractivity contribution in [1.29, 1.82) is 0 Å². The van der Waals surface area contributed by atoms with Crippen molar-refractivity contribution in [3.8, 4) is 0 Å². The van der Waals surface area contributed by atoms with Gasteiger partial charge in [-0.05, 0) is 46.3 Å². The van der Waals surface area contributed by atoms with Crippen molar-refractivity contribution in [2.45, 2.75) is 32.7 Å². The van der Waals surface area contributed by atoms with Crippen LogP contribution in [0.15, 0.2) is 21.2 Å². The topological polar surface area (TPSA) is 42.2 Å². The molecule has 1 aliphatic rings. The second kappa shape index (κ2) is 3.67. The van der Waals surface area contributed by atoms with Gasteiger partial charge in [-0.25, -0.2) is 0 Å². The van der Waals surface area contributed by atoms with Crippen LogP contribution < -0.4 is 5.32 Å². The molecule has 0 unspecified atom stereocenters. The fourth-order valence-corrected chi connectivity index (χ4v) is 2.38. The van der Waals surface area contributed by atoms with Crippen LogP contribution in [0.4, 0.5) is 0 Å². The van der Waals surface area contributed by atoms with E-state index in [1.807, 2.05) is 0 Å². The average molecular weight is 272 g/mol. The van der Waals surface area contributed by atoms with E-state index in [0.29, 0.717) is 21.9 Å². The van der Waals surface area contributed by atoms with Crippen LogP contribution >= 0.6 is 15.9 Å². The first-order valence-corrected chi connectivity index (χ1v) is 5.82. The van der Waals surface area contributed by atoms with Crippen LogP contribution in [0, 0.1) is 5.41 Å². The van der Waals surface area contributed by atoms with Gasteiger partial charge in [-0.3, -0.25) is 4.79 Å². The van der Waals surface area contributed by atoms with E-state index in [0.717, 1.165) is 12.8 Å². The molecule has 82 valence electrons. The van der Waals surface area contributed by atoms with Crippen LogP contribution in [0.5, 0.6) is 0 Å². The van der Waals surface area contributed by atoms with E-state index >= 15 is 0 Å². The Morgan fingerprint density at radius 2 is 2.20 bits per heavy atom. The Morgan fingerprint density at radius 1 is 1.53 bits per heavy atom. The molecule has 0 aromatic carbocycles. The van der Waals surface area contributed by atoms with E-state index < -0.39 is 0 Å². The Bertz CT molecular complexity index is 376. The molecule has 1 N–H and O–H groups in total. The molecule has 0 atom stereocenters. The fraction of sp³-hybridized carbons (Fsp3) is 0.545. The summed E-state index contributed by atoms with van der Waals surface area (Å²) in [5.41, 5.74) is 0.377. The van der Waals surface area contributed by atoms with Crippen molar-refractivity contribution in [2.75, 3.05) is 0 Å². The summed E-state index contributed by atoms with van der Waals surface area (Å²) in [6.45, 7) is 4.41. The second-order valence-corrected chi connectivity index (χ2v) is 5.63. The summed E-state index contributed by atoms with van der Waals surface area (Å²) in [7, 11) is 0. The summed E-state index contributed by atoms with van der Waals surface area (Å²) in [4.78, 5) is 11.6. The SMILES string of the molecule is CC1(C)CC(NC(=O)c2ccc(Br)o2)C1. The normalized spacial score (nSPS) is 19.7. The lowest BCUT2D eigenvalue weighted by Gasteiger charge is -2.42. The molecule has 2 rings (SSSR count). The lowest BCUT2D eigenvalue weighted by Crippen LogP contribution is -2.48. The van der Waals surface area contributed by atoms with Gasteiger partial charge in [0.15, 0.2) is 10.4 Å². The highest BCUT2D eigenvalue weighted by atomic mass is 79.9. The van der Waals surface area contributed by atoms with Gasteiger partial charge in [-0.15, -0.1) is 0 Å². The first kappa shape index (κ1) is 10.7. The van der Waals surface area contributed by atoms with Crippen LogP contribution in [-0.2, 0) is 0 Å². The fourth-order valence-electron chi connectivity index (χ4n) is 2.07. The Kier molecular flexibility index (Phi) is 2.63. The zero-order valence-electron chi connectivity index (χ0n) is 8.84. The van der Waals surface area contributed by atoms with Crippen LogP contribution in [0.2, 0.25) is 0 Å². The maximum absolute atomic E-state index is 11.6.